The summed E-state index contributed by atoms with van der Waals surface area (Å²) in [6.45, 7) is 2.99. The summed E-state index contributed by atoms with van der Waals surface area (Å²) in [5, 5.41) is 22.0. The number of hydrogen-bond acceptors (Lipinski definition) is 5. The molecule has 0 saturated heterocycles. The van der Waals surface area contributed by atoms with Crippen LogP contribution in [-0.4, -0.2) is 44.9 Å². The molecule has 2 aromatic carbocycles. The Kier molecular flexibility index (Phi) is 8.86. The Bertz CT molecular complexity index is 1240. The van der Waals surface area contributed by atoms with Crippen molar-refractivity contribution in [2.75, 3.05) is 11.9 Å². The first-order chi connectivity index (χ1) is 19.0. The van der Waals surface area contributed by atoms with Gasteiger partial charge < -0.3 is 16.0 Å². The molecule has 2 fully saturated rings. The smallest absolute Gasteiger partial charge is 0.319 e. The van der Waals surface area contributed by atoms with Crippen LogP contribution in [0.15, 0.2) is 42.5 Å². The fourth-order valence-corrected chi connectivity index (χ4v) is 6.28. The minimum atomic E-state index is -0.176. The van der Waals surface area contributed by atoms with Crippen LogP contribution in [0.3, 0.4) is 0 Å². The van der Waals surface area contributed by atoms with Crippen molar-refractivity contribution in [1.29, 1.82) is 0 Å². The van der Waals surface area contributed by atoms with Gasteiger partial charge in [-0.2, -0.15) is 0 Å². The molecule has 9 heteroatoms. The van der Waals surface area contributed by atoms with Crippen LogP contribution in [0, 0.1) is 11.7 Å². The van der Waals surface area contributed by atoms with Crippen molar-refractivity contribution in [2.24, 2.45) is 13.0 Å². The Balaban J connectivity index is 1.17. The maximum absolute atomic E-state index is 13.4. The molecule has 3 aromatic rings. The van der Waals surface area contributed by atoms with Crippen LogP contribution >= 0.6 is 0 Å². The number of nitrogens with one attached hydrogen (secondary N) is 3. The second-order valence-electron chi connectivity index (χ2n) is 11.2. The van der Waals surface area contributed by atoms with Crippen molar-refractivity contribution >= 4 is 11.7 Å². The van der Waals surface area contributed by atoms with Gasteiger partial charge in [-0.25, -0.2) is 13.9 Å². The molecule has 3 N–H and O–H groups in total. The largest absolute Gasteiger partial charge is 0.335 e. The number of halogens is 1. The fraction of sp³-hybridized carbons (Fsp3) is 0.533. The molecule has 0 radical (unpaired) electrons. The predicted octanol–water partition coefficient (Wildman–Crippen LogP) is 5.57. The molecule has 5 rings (SSSR count). The Morgan fingerprint density at radius 1 is 1.05 bits per heavy atom. The third-order valence-electron chi connectivity index (χ3n) is 8.45. The maximum atomic E-state index is 13.4. The minimum absolute atomic E-state index is 0.138. The van der Waals surface area contributed by atoms with E-state index in [9.17, 15) is 9.18 Å². The van der Waals surface area contributed by atoms with Gasteiger partial charge in [-0.05, 0) is 102 Å². The first-order valence-corrected chi connectivity index (χ1v) is 14.4. The molecule has 1 heterocycles. The van der Waals surface area contributed by atoms with Gasteiger partial charge >= 0.3 is 6.03 Å². The average Bonchev–Trinajstić information content (AvgIpc) is 3.38. The first kappa shape index (κ1) is 27.2. The highest BCUT2D eigenvalue weighted by Crippen LogP contribution is 2.33. The third kappa shape index (κ3) is 7.01. The van der Waals surface area contributed by atoms with Crippen LogP contribution in [0.1, 0.15) is 75.3 Å². The Labute approximate surface area is 230 Å². The second-order valence-corrected chi connectivity index (χ2v) is 11.2. The van der Waals surface area contributed by atoms with Crippen LogP contribution in [0.4, 0.5) is 14.9 Å². The summed E-state index contributed by atoms with van der Waals surface area (Å²) in [5.41, 5.74) is 3.96. The molecule has 1 aromatic heterocycles. The fourth-order valence-electron chi connectivity index (χ4n) is 6.28. The number of tetrazole rings is 1. The molecule has 0 bridgehead atoms. The lowest BCUT2D eigenvalue weighted by Gasteiger charge is -2.35. The van der Waals surface area contributed by atoms with Gasteiger partial charge in [-0.1, -0.05) is 38.3 Å². The molecule has 39 heavy (non-hydrogen) atoms. The SMILES string of the molecule is CCc1cc(NC(=O)N[C@@H]2CCCC[C@H]2CN[C@H]2CCC[C@H](c3ccc(F)cc3)C2)cc(-c2nnnn2C)c1. The zero-order valence-electron chi connectivity index (χ0n) is 23.0. The minimum Gasteiger partial charge on any atom is -0.335 e. The van der Waals surface area contributed by atoms with E-state index in [0.29, 0.717) is 23.7 Å². The van der Waals surface area contributed by atoms with E-state index in [0.717, 1.165) is 61.9 Å². The summed E-state index contributed by atoms with van der Waals surface area (Å²) in [5.74, 6) is 1.36. The summed E-state index contributed by atoms with van der Waals surface area (Å²) in [6.07, 6.45) is 9.86. The Morgan fingerprint density at radius 2 is 1.87 bits per heavy atom. The van der Waals surface area contributed by atoms with Gasteiger partial charge in [0.2, 0.25) is 0 Å². The second kappa shape index (κ2) is 12.7. The number of nitrogens with zero attached hydrogens (tertiary/aromatic N) is 4. The molecular formula is C30H40FN7O. The van der Waals surface area contributed by atoms with E-state index in [4.69, 9.17) is 0 Å². The number of urea groups is 1. The normalized spacial score (nSPS) is 23.4. The van der Waals surface area contributed by atoms with E-state index >= 15 is 0 Å². The van der Waals surface area contributed by atoms with Crippen molar-refractivity contribution < 1.29 is 9.18 Å². The van der Waals surface area contributed by atoms with E-state index < -0.39 is 0 Å². The van der Waals surface area contributed by atoms with Crippen molar-refractivity contribution in [2.45, 2.75) is 82.7 Å². The first-order valence-electron chi connectivity index (χ1n) is 14.4. The number of carbonyl (C=O) groups is 1. The number of hydrogen-bond donors (Lipinski definition) is 3. The number of benzene rings is 2. The van der Waals surface area contributed by atoms with E-state index in [1.165, 1.54) is 24.8 Å². The Hall–Kier alpha value is -3.33. The molecule has 4 atom stereocenters. The molecule has 2 aliphatic rings. The van der Waals surface area contributed by atoms with Gasteiger partial charge in [0.25, 0.3) is 0 Å². The zero-order chi connectivity index (χ0) is 27.2. The standard InChI is InChI=1S/C30H40FN7O/c1-3-20-15-24(29-35-36-37-38(29)2)18-27(16-20)33-30(39)34-28-10-5-4-7-23(28)19-32-26-9-6-8-22(17-26)21-11-13-25(31)14-12-21/h11-16,18,22-23,26,28,32H,3-10,17,19H2,1-2H3,(H2,33,34,39)/t22-,23-,26-,28+/m0/s1. The lowest BCUT2D eigenvalue weighted by molar-refractivity contribution is 0.219. The number of aryl methyl sites for hydroxylation is 2. The molecule has 208 valence electrons. The van der Waals surface area contributed by atoms with Gasteiger partial charge in [-0.3, -0.25) is 0 Å². The summed E-state index contributed by atoms with van der Waals surface area (Å²) < 4.78 is 15.0. The van der Waals surface area contributed by atoms with Crippen LogP contribution in [-0.2, 0) is 13.5 Å². The van der Waals surface area contributed by atoms with Crippen molar-refractivity contribution in [3.63, 3.8) is 0 Å². The number of amides is 2. The highest BCUT2D eigenvalue weighted by Gasteiger charge is 2.29. The number of rotatable bonds is 8. The highest BCUT2D eigenvalue weighted by molar-refractivity contribution is 5.90. The van der Waals surface area contributed by atoms with Crippen LogP contribution < -0.4 is 16.0 Å². The van der Waals surface area contributed by atoms with Gasteiger partial charge in [0.15, 0.2) is 5.82 Å². The molecule has 8 nitrogen and oxygen atoms in total. The van der Waals surface area contributed by atoms with Gasteiger partial charge in [0, 0.05) is 36.9 Å². The molecule has 2 amide bonds. The lowest BCUT2D eigenvalue weighted by Crippen LogP contribution is -2.48. The monoisotopic (exact) mass is 533 g/mol. The van der Waals surface area contributed by atoms with E-state index in [1.807, 2.05) is 24.3 Å². The lowest BCUT2D eigenvalue weighted by atomic mass is 9.80. The average molecular weight is 534 g/mol. The number of aromatic nitrogens is 4. The number of carbonyl (C=O) groups excluding carboxylic acids is 1. The quantitative estimate of drug-likeness (QED) is 0.352. The highest BCUT2D eigenvalue weighted by atomic mass is 19.1. The van der Waals surface area contributed by atoms with Crippen LogP contribution in [0.25, 0.3) is 11.4 Å². The summed E-state index contributed by atoms with van der Waals surface area (Å²) in [7, 11) is 1.81. The molecule has 0 unspecified atom stereocenters. The molecular weight excluding hydrogens is 493 g/mol. The van der Waals surface area contributed by atoms with Gasteiger partial charge in [-0.15, -0.1) is 5.10 Å². The van der Waals surface area contributed by atoms with Crippen molar-refractivity contribution in [3.8, 4) is 11.4 Å². The van der Waals surface area contributed by atoms with Crippen molar-refractivity contribution in [3.05, 3.63) is 59.4 Å². The van der Waals surface area contributed by atoms with Crippen LogP contribution in [0.5, 0.6) is 0 Å². The van der Waals surface area contributed by atoms with E-state index in [2.05, 4.69) is 44.5 Å². The zero-order valence-corrected chi connectivity index (χ0v) is 23.0. The summed E-state index contributed by atoms with van der Waals surface area (Å²) in [6, 6.07) is 13.4. The molecule has 0 spiro atoms. The molecule has 0 aliphatic heterocycles. The topological polar surface area (TPSA) is 96.8 Å². The molecule has 2 aliphatic carbocycles. The third-order valence-corrected chi connectivity index (χ3v) is 8.45. The van der Waals surface area contributed by atoms with Gasteiger partial charge in [0.1, 0.15) is 5.82 Å². The Morgan fingerprint density at radius 3 is 2.64 bits per heavy atom. The molecule has 2 saturated carbocycles. The van der Waals surface area contributed by atoms with E-state index in [1.54, 1.807) is 23.9 Å². The van der Waals surface area contributed by atoms with Crippen molar-refractivity contribution in [1.82, 2.24) is 30.8 Å². The summed E-state index contributed by atoms with van der Waals surface area (Å²) >= 11 is 0. The maximum Gasteiger partial charge on any atom is 0.319 e. The summed E-state index contributed by atoms with van der Waals surface area (Å²) in [4.78, 5) is 13.1. The van der Waals surface area contributed by atoms with E-state index in [-0.39, 0.29) is 17.9 Å². The van der Waals surface area contributed by atoms with Crippen LogP contribution in [0.2, 0.25) is 0 Å². The number of anilines is 1. The van der Waals surface area contributed by atoms with Gasteiger partial charge in [0.05, 0.1) is 0 Å². The predicted molar refractivity (Wildman–Crippen MR) is 151 cm³/mol.